The molecule has 2 N–H and O–H groups in total. The molecule has 1 amide bonds. The zero-order valence-corrected chi connectivity index (χ0v) is 11.7. The second-order valence-corrected chi connectivity index (χ2v) is 5.08. The molecule has 2 aromatic rings. The van der Waals surface area contributed by atoms with Gasteiger partial charge in [0.2, 0.25) is 11.9 Å². The van der Waals surface area contributed by atoms with E-state index >= 15 is 0 Å². The summed E-state index contributed by atoms with van der Waals surface area (Å²) in [6.07, 6.45) is 0.149. The minimum absolute atomic E-state index is 0.120. The summed E-state index contributed by atoms with van der Waals surface area (Å²) < 4.78 is 20.4. The van der Waals surface area contributed by atoms with Crippen LogP contribution in [0.15, 0.2) is 18.2 Å². The third-order valence-corrected chi connectivity index (χ3v) is 3.51. The first-order chi connectivity index (χ1) is 10.1. The van der Waals surface area contributed by atoms with E-state index in [1.807, 2.05) is 0 Å². The lowest BCUT2D eigenvalue weighted by molar-refractivity contribution is -0.119. The predicted molar refractivity (Wildman–Crippen MR) is 76.5 cm³/mol. The zero-order valence-electron chi connectivity index (χ0n) is 11.7. The number of aromatic nitrogens is 2. The van der Waals surface area contributed by atoms with Crippen LogP contribution in [0.3, 0.4) is 0 Å². The summed E-state index contributed by atoms with van der Waals surface area (Å²) in [6.45, 7) is 2.10. The van der Waals surface area contributed by atoms with Crippen LogP contribution in [-0.4, -0.2) is 41.3 Å². The number of anilines is 1. The number of fused-ring (bicyclic) bond motifs is 1. The summed E-state index contributed by atoms with van der Waals surface area (Å²) in [6, 6.07) is 4.36. The number of imidazole rings is 1. The topological polar surface area (TPSA) is 68.2 Å². The summed E-state index contributed by atoms with van der Waals surface area (Å²) >= 11 is 0. The van der Waals surface area contributed by atoms with Crippen molar-refractivity contribution in [3.63, 3.8) is 0 Å². The van der Waals surface area contributed by atoms with Gasteiger partial charge in [-0.3, -0.25) is 10.1 Å². The van der Waals surface area contributed by atoms with Gasteiger partial charge >= 0.3 is 0 Å². The van der Waals surface area contributed by atoms with Crippen LogP contribution in [0.25, 0.3) is 11.0 Å². The Morgan fingerprint density at radius 1 is 1.62 bits per heavy atom. The second kappa shape index (κ2) is 5.79. The predicted octanol–water partition coefficient (Wildman–Crippen LogP) is 1.03. The molecule has 1 fully saturated rings. The van der Waals surface area contributed by atoms with E-state index in [0.717, 1.165) is 12.1 Å². The van der Waals surface area contributed by atoms with Gasteiger partial charge in [-0.25, -0.2) is 9.37 Å². The van der Waals surface area contributed by atoms with Crippen LogP contribution in [0.2, 0.25) is 0 Å². The maximum absolute atomic E-state index is 13.2. The van der Waals surface area contributed by atoms with Crippen LogP contribution < -0.4 is 10.6 Å². The van der Waals surface area contributed by atoms with Crippen molar-refractivity contribution in [2.45, 2.75) is 12.5 Å². The number of morpholine rings is 1. The Bertz CT molecular complexity index is 664. The normalized spacial score (nSPS) is 18.9. The molecule has 7 heteroatoms. The van der Waals surface area contributed by atoms with Gasteiger partial charge in [-0.05, 0) is 12.1 Å². The summed E-state index contributed by atoms with van der Waals surface area (Å²) in [5, 5.41) is 5.92. The van der Waals surface area contributed by atoms with E-state index in [-0.39, 0.29) is 24.2 Å². The molecule has 1 aromatic carbocycles. The third kappa shape index (κ3) is 3.03. The van der Waals surface area contributed by atoms with Crippen molar-refractivity contribution in [2.24, 2.45) is 7.05 Å². The standard InChI is InChI=1S/C14H17FN4O2/c1-19-12-3-2-9(15)6-11(12)17-14(19)18-13(20)7-10-8-16-4-5-21-10/h2-3,6,10,16H,4-5,7-8H2,1H3,(H,17,18,20). The highest BCUT2D eigenvalue weighted by Gasteiger charge is 2.19. The molecular weight excluding hydrogens is 275 g/mol. The van der Waals surface area contributed by atoms with Gasteiger partial charge in [0.1, 0.15) is 5.82 Å². The van der Waals surface area contributed by atoms with E-state index in [0.29, 0.717) is 24.6 Å². The lowest BCUT2D eigenvalue weighted by Crippen LogP contribution is -2.40. The maximum atomic E-state index is 13.2. The molecule has 21 heavy (non-hydrogen) atoms. The highest BCUT2D eigenvalue weighted by Crippen LogP contribution is 2.19. The SMILES string of the molecule is Cn1c(NC(=O)CC2CNCCO2)nc2cc(F)ccc21. The number of ether oxygens (including phenoxy) is 1. The number of aryl methyl sites for hydroxylation is 1. The smallest absolute Gasteiger partial charge is 0.229 e. The number of carbonyl (C=O) groups excluding carboxylic acids is 1. The average molecular weight is 292 g/mol. The van der Waals surface area contributed by atoms with Crippen LogP contribution in [0.1, 0.15) is 6.42 Å². The lowest BCUT2D eigenvalue weighted by atomic mass is 10.2. The quantitative estimate of drug-likeness (QED) is 0.886. The molecule has 0 bridgehead atoms. The van der Waals surface area contributed by atoms with E-state index in [1.54, 1.807) is 17.7 Å². The average Bonchev–Trinajstić information content (AvgIpc) is 2.75. The first-order valence-electron chi connectivity index (χ1n) is 6.87. The van der Waals surface area contributed by atoms with Crippen molar-refractivity contribution in [1.29, 1.82) is 0 Å². The Morgan fingerprint density at radius 2 is 2.48 bits per heavy atom. The van der Waals surface area contributed by atoms with Crippen molar-refractivity contribution in [3.05, 3.63) is 24.0 Å². The lowest BCUT2D eigenvalue weighted by Gasteiger charge is -2.22. The Balaban J connectivity index is 1.72. The largest absolute Gasteiger partial charge is 0.375 e. The van der Waals surface area contributed by atoms with Gasteiger partial charge in [0.15, 0.2) is 0 Å². The maximum Gasteiger partial charge on any atom is 0.229 e. The van der Waals surface area contributed by atoms with Crippen molar-refractivity contribution in [3.8, 4) is 0 Å². The molecule has 6 nitrogen and oxygen atoms in total. The Kier molecular flexibility index (Phi) is 3.85. The number of nitrogens with zero attached hydrogens (tertiary/aromatic N) is 2. The van der Waals surface area contributed by atoms with Crippen molar-refractivity contribution in [2.75, 3.05) is 25.0 Å². The third-order valence-electron chi connectivity index (χ3n) is 3.51. The van der Waals surface area contributed by atoms with Crippen molar-refractivity contribution in [1.82, 2.24) is 14.9 Å². The minimum atomic E-state index is -0.347. The number of hydrogen-bond acceptors (Lipinski definition) is 4. The molecule has 1 aliphatic rings. The van der Waals surface area contributed by atoms with E-state index in [4.69, 9.17) is 4.74 Å². The van der Waals surface area contributed by atoms with Gasteiger partial charge in [0.05, 0.1) is 30.2 Å². The summed E-state index contributed by atoms with van der Waals surface area (Å²) in [5.74, 6) is -0.105. The fraction of sp³-hybridized carbons (Fsp3) is 0.429. The van der Waals surface area contributed by atoms with Crippen LogP contribution in [-0.2, 0) is 16.6 Å². The van der Waals surface area contributed by atoms with Gasteiger partial charge in [-0.1, -0.05) is 0 Å². The van der Waals surface area contributed by atoms with Crippen molar-refractivity contribution >= 4 is 22.9 Å². The summed E-state index contributed by atoms with van der Waals surface area (Å²) in [7, 11) is 1.78. The number of rotatable bonds is 3. The number of carbonyl (C=O) groups is 1. The molecule has 3 rings (SSSR count). The minimum Gasteiger partial charge on any atom is -0.375 e. The van der Waals surface area contributed by atoms with Crippen LogP contribution in [0.5, 0.6) is 0 Å². The fourth-order valence-corrected chi connectivity index (χ4v) is 2.42. The highest BCUT2D eigenvalue weighted by molar-refractivity contribution is 5.91. The fourth-order valence-electron chi connectivity index (χ4n) is 2.42. The van der Waals surface area contributed by atoms with Gasteiger partial charge in [0, 0.05) is 26.2 Å². The Morgan fingerprint density at radius 3 is 3.24 bits per heavy atom. The van der Waals surface area contributed by atoms with E-state index < -0.39 is 0 Å². The van der Waals surface area contributed by atoms with E-state index in [9.17, 15) is 9.18 Å². The number of nitrogens with one attached hydrogen (secondary N) is 2. The molecule has 1 atom stereocenters. The van der Waals surface area contributed by atoms with Gasteiger partial charge < -0.3 is 14.6 Å². The molecule has 0 saturated carbocycles. The Hall–Kier alpha value is -1.99. The van der Waals surface area contributed by atoms with Gasteiger partial charge in [0.25, 0.3) is 0 Å². The molecule has 0 radical (unpaired) electrons. The van der Waals surface area contributed by atoms with Crippen LogP contribution in [0.4, 0.5) is 10.3 Å². The summed E-state index contributed by atoms with van der Waals surface area (Å²) in [4.78, 5) is 16.3. The molecule has 1 aromatic heterocycles. The van der Waals surface area contributed by atoms with Gasteiger partial charge in [-0.2, -0.15) is 0 Å². The van der Waals surface area contributed by atoms with Crippen LogP contribution >= 0.6 is 0 Å². The first kappa shape index (κ1) is 14.0. The Labute approximate surface area is 121 Å². The van der Waals surface area contributed by atoms with Crippen LogP contribution in [0, 0.1) is 5.82 Å². The van der Waals surface area contributed by atoms with Crippen molar-refractivity contribution < 1.29 is 13.9 Å². The highest BCUT2D eigenvalue weighted by atomic mass is 19.1. The number of hydrogen-bond donors (Lipinski definition) is 2. The van der Waals surface area contributed by atoms with E-state index in [2.05, 4.69) is 15.6 Å². The number of amides is 1. The molecule has 2 heterocycles. The number of halogens is 1. The van der Waals surface area contributed by atoms with E-state index in [1.165, 1.54) is 12.1 Å². The second-order valence-electron chi connectivity index (χ2n) is 5.08. The molecule has 1 aliphatic heterocycles. The molecule has 112 valence electrons. The summed E-state index contributed by atoms with van der Waals surface area (Å²) in [5.41, 5.74) is 1.28. The zero-order chi connectivity index (χ0) is 14.8. The molecule has 0 spiro atoms. The van der Waals surface area contributed by atoms with Gasteiger partial charge in [-0.15, -0.1) is 0 Å². The molecule has 1 unspecified atom stereocenters. The molecule has 1 saturated heterocycles. The monoisotopic (exact) mass is 292 g/mol. The molecule has 0 aliphatic carbocycles. The number of benzene rings is 1. The molecular formula is C14H17FN4O2. The first-order valence-corrected chi connectivity index (χ1v) is 6.87.